The number of hydrogen-bond acceptors (Lipinski definition) is 3. The second-order valence-electron chi connectivity index (χ2n) is 6.73. The fourth-order valence-electron chi connectivity index (χ4n) is 3.97. The number of nitrogens with zero attached hydrogens (tertiary/aromatic N) is 1. The van der Waals surface area contributed by atoms with E-state index in [0.29, 0.717) is 5.92 Å². The van der Waals surface area contributed by atoms with E-state index in [-0.39, 0.29) is 11.9 Å². The van der Waals surface area contributed by atoms with Crippen LogP contribution in [-0.2, 0) is 0 Å². The summed E-state index contributed by atoms with van der Waals surface area (Å²) >= 11 is 0. The van der Waals surface area contributed by atoms with Gasteiger partial charge in [-0.05, 0) is 49.9 Å². The van der Waals surface area contributed by atoms with E-state index >= 15 is 0 Å². The average molecular weight is 292 g/mol. The van der Waals surface area contributed by atoms with Crippen LogP contribution in [0, 0.1) is 11.7 Å². The lowest BCUT2D eigenvalue weighted by Crippen LogP contribution is -2.53. The normalized spacial score (nSPS) is 30.9. The van der Waals surface area contributed by atoms with Gasteiger partial charge in [-0.1, -0.05) is 12.8 Å². The van der Waals surface area contributed by atoms with Gasteiger partial charge in [0, 0.05) is 30.7 Å². The van der Waals surface area contributed by atoms with Crippen molar-refractivity contribution in [2.45, 2.75) is 50.7 Å². The fraction of sp³-hybridized carbons (Fsp3) is 0.647. The number of halogens is 1. The van der Waals surface area contributed by atoms with Crippen molar-refractivity contribution in [2.24, 2.45) is 11.7 Å². The fourth-order valence-corrected chi connectivity index (χ4v) is 3.97. The summed E-state index contributed by atoms with van der Waals surface area (Å²) in [5.41, 5.74) is 7.41. The van der Waals surface area contributed by atoms with Gasteiger partial charge in [0.25, 0.3) is 0 Å². The van der Waals surface area contributed by atoms with Crippen LogP contribution in [-0.4, -0.2) is 23.8 Å². The van der Waals surface area contributed by atoms with E-state index < -0.39 is 5.60 Å². The number of benzene rings is 1. The van der Waals surface area contributed by atoms with Gasteiger partial charge < -0.3 is 15.7 Å². The lowest BCUT2D eigenvalue weighted by Gasteiger charge is -2.48. The summed E-state index contributed by atoms with van der Waals surface area (Å²) in [5, 5.41) is 10.8. The Balaban J connectivity index is 1.85. The molecule has 1 aromatic carbocycles. The maximum Gasteiger partial charge on any atom is 0.123 e. The van der Waals surface area contributed by atoms with Crippen LogP contribution in [0.2, 0.25) is 0 Å². The average Bonchev–Trinajstić information content (AvgIpc) is 2.46. The second-order valence-corrected chi connectivity index (χ2v) is 6.73. The number of hydrogen-bond donors (Lipinski definition) is 2. The highest BCUT2D eigenvalue weighted by Gasteiger charge is 2.43. The largest absolute Gasteiger partial charge is 0.389 e. The molecular weight excluding hydrogens is 267 g/mol. The van der Waals surface area contributed by atoms with Crippen molar-refractivity contribution in [3.8, 4) is 0 Å². The molecule has 1 heterocycles. The van der Waals surface area contributed by atoms with Crippen molar-refractivity contribution in [1.29, 1.82) is 0 Å². The molecule has 0 radical (unpaired) electrons. The first-order valence-corrected chi connectivity index (χ1v) is 8.02. The Kier molecular flexibility index (Phi) is 3.93. The molecule has 1 aliphatic heterocycles. The molecule has 1 saturated carbocycles. The molecule has 0 aromatic heterocycles. The summed E-state index contributed by atoms with van der Waals surface area (Å²) in [7, 11) is 0. The zero-order valence-corrected chi connectivity index (χ0v) is 12.7. The van der Waals surface area contributed by atoms with Gasteiger partial charge >= 0.3 is 0 Å². The van der Waals surface area contributed by atoms with Crippen molar-refractivity contribution in [2.75, 3.05) is 18.0 Å². The lowest BCUT2D eigenvalue weighted by molar-refractivity contribution is -0.0612. The Hall–Kier alpha value is -1.13. The molecule has 3 atom stereocenters. The smallest absolute Gasteiger partial charge is 0.123 e. The van der Waals surface area contributed by atoms with E-state index in [0.717, 1.165) is 50.0 Å². The number of piperidine rings is 1. The van der Waals surface area contributed by atoms with Gasteiger partial charge in [-0.15, -0.1) is 0 Å². The summed E-state index contributed by atoms with van der Waals surface area (Å²) in [6.07, 6.45) is 5.14. The van der Waals surface area contributed by atoms with Gasteiger partial charge in [0.1, 0.15) is 5.82 Å². The van der Waals surface area contributed by atoms with E-state index in [1.807, 2.05) is 13.0 Å². The highest BCUT2D eigenvalue weighted by Crippen LogP contribution is 2.41. The third-order valence-electron chi connectivity index (χ3n) is 5.25. The van der Waals surface area contributed by atoms with Crippen LogP contribution in [0.3, 0.4) is 0 Å². The van der Waals surface area contributed by atoms with Crippen molar-refractivity contribution in [3.05, 3.63) is 29.6 Å². The van der Waals surface area contributed by atoms with E-state index in [4.69, 9.17) is 5.73 Å². The number of nitrogens with two attached hydrogens (primary N) is 1. The van der Waals surface area contributed by atoms with Crippen molar-refractivity contribution in [3.63, 3.8) is 0 Å². The number of anilines is 1. The Morgan fingerprint density at radius 2 is 2.19 bits per heavy atom. The Morgan fingerprint density at radius 1 is 1.38 bits per heavy atom. The van der Waals surface area contributed by atoms with Crippen LogP contribution in [0.25, 0.3) is 0 Å². The minimum Gasteiger partial charge on any atom is -0.389 e. The van der Waals surface area contributed by atoms with E-state index in [9.17, 15) is 9.50 Å². The van der Waals surface area contributed by atoms with Crippen LogP contribution >= 0.6 is 0 Å². The minimum absolute atomic E-state index is 0.192. The highest BCUT2D eigenvalue weighted by atomic mass is 19.1. The summed E-state index contributed by atoms with van der Waals surface area (Å²) in [5.74, 6) is 0.0863. The minimum atomic E-state index is -0.483. The monoisotopic (exact) mass is 292 g/mol. The Bertz CT molecular complexity index is 520. The molecule has 1 aliphatic carbocycles. The van der Waals surface area contributed by atoms with Crippen LogP contribution in [0.5, 0.6) is 0 Å². The molecule has 0 amide bonds. The van der Waals surface area contributed by atoms with Gasteiger partial charge in [0.15, 0.2) is 0 Å². The molecule has 3 nitrogen and oxygen atoms in total. The van der Waals surface area contributed by atoms with Crippen molar-refractivity contribution in [1.82, 2.24) is 0 Å². The first-order chi connectivity index (χ1) is 9.99. The maximum atomic E-state index is 13.5. The Morgan fingerprint density at radius 3 is 2.95 bits per heavy atom. The molecule has 1 saturated heterocycles. The molecule has 2 aliphatic rings. The van der Waals surface area contributed by atoms with Crippen molar-refractivity contribution < 1.29 is 9.50 Å². The number of fused-ring (bicyclic) bond motifs is 1. The quantitative estimate of drug-likeness (QED) is 0.881. The van der Waals surface area contributed by atoms with Gasteiger partial charge in [-0.2, -0.15) is 0 Å². The molecule has 2 fully saturated rings. The standard InChI is InChI=1S/C17H25FN2O/c1-12(19)15-10-14(18)5-6-16(15)20-9-8-17(21)7-3-2-4-13(17)11-20/h5-6,10,12-13,21H,2-4,7-9,11,19H2,1H3. The zero-order chi connectivity index (χ0) is 15.0. The van der Waals surface area contributed by atoms with Gasteiger partial charge in [0.2, 0.25) is 0 Å². The molecule has 0 bridgehead atoms. The van der Waals surface area contributed by atoms with E-state index in [1.165, 1.54) is 12.5 Å². The van der Waals surface area contributed by atoms with Crippen LogP contribution in [0.4, 0.5) is 10.1 Å². The summed E-state index contributed by atoms with van der Waals surface area (Å²) in [6.45, 7) is 3.55. The SMILES string of the molecule is CC(N)c1cc(F)ccc1N1CCC2(O)CCCCC2C1. The number of rotatable bonds is 2. The van der Waals surface area contributed by atoms with Crippen LogP contribution in [0.1, 0.15) is 50.6 Å². The van der Waals surface area contributed by atoms with Crippen molar-refractivity contribution >= 4 is 5.69 Å². The summed E-state index contributed by atoms with van der Waals surface area (Å²) in [4.78, 5) is 2.28. The summed E-state index contributed by atoms with van der Waals surface area (Å²) in [6, 6.07) is 4.69. The van der Waals surface area contributed by atoms with Gasteiger partial charge in [0.05, 0.1) is 5.60 Å². The topological polar surface area (TPSA) is 49.5 Å². The third-order valence-corrected chi connectivity index (χ3v) is 5.25. The zero-order valence-electron chi connectivity index (χ0n) is 12.7. The third kappa shape index (κ3) is 2.79. The molecule has 3 unspecified atom stereocenters. The lowest BCUT2D eigenvalue weighted by atomic mass is 9.71. The van der Waals surface area contributed by atoms with Crippen LogP contribution < -0.4 is 10.6 Å². The predicted molar refractivity (Wildman–Crippen MR) is 82.7 cm³/mol. The first-order valence-electron chi connectivity index (χ1n) is 8.02. The highest BCUT2D eigenvalue weighted by molar-refractivity contribution is 5.55. The second kappa shape index (κ2) is 5.58. The van der Waals surface area contributed by atoms with E-state index in [1.54, 1.807) is 6.07 Å². The maximum absolute atomic E-state index is 13.5. The van der Waals surface area contributed by atoms with Crippen LogP contribution in [0.15, 0.2) is 18.2 Å². The molecule has 0 spiro atoms. The first kappa shape index (κ1) is 14.8. The molecule has 21 heavy (non-hydrogen) atoms. The molecule has 1 aromatic rings. The molecule has 3 rings (SSSR count). The summed E-state index contributed by atoms with van der Waals surface area (Å²) < 4.78 is 13.5. The molecular formula is C17H25FN2O. The molecule has 4 heteroatoms. The molecule has 116 valence electrons. The van der Waals surface area contributed by atoms with E-state index in [2.05, 4.69) is 4.90 Å². The number of aliphatic hydroxyl groups is 1. The predicted octanol–water partition coefficient (Wildman–Crippen LogP) is 2.98. The molecule has 3 N–H and O–H groups in total. The Labute approximate surface area is 125 Å². The van der Waals surface area contributed by atoms with Gasteiger partial charge in [-0.3, -0.25) is 0 Å². The van der Waals surface area contributed by atoms with Gasteiger partial charge in [-0.25, -0.2) is 4.39 Å².